The fourth-order valence-electron chi connectivity index (χ4n) is 2.17. The minimum atomic E-state index is -0.728. The highest BCUT2D eigenvalue weighted by Crippen LogP contribution is 2.23. The molecule has 0 spiro atoms. The van der Waals surface area contributed by atoms with Crippen LogP contribution >= 0.6 is 0 Å². The van der Waals surface area contributed by atoms with E-state index in [1.807, 2.05) is 24.3 Å². The maximum absolute atomic E-state index is 13.1. The molecule has 0 radical (unpaired) electrons. The van der Waals surface area contributed by atoms with Gasteiger partial charge in [0.2, 0.25) is 5.91 Å². The van der Waals surface area contributed by atoms with Crippen molar-refractivity contribution in [1.82, 2.24) is 0 Å². The smallest absolute Gasteiger partial charge is 0.243 e. The van der Waals surface area contributed by atoms with Crippen LogP contribution in [0.3, 0.4) is 0 Å². The molecule has 0 aliphatic rings. The molecular weight excluding hydrogens is 286 g/mol. The molecule has 0 fully saturated rings. The molecule has 0 atom stereocenters. The average Bonchev–Trinajstić information content (AvgIpc) is 2.44. The Morgan fingerprint density at radius 3 is 2.36 bits per heavy atom. The summed E-state index contributed by atoms with van der Waals surface area (Å²) in [7, 11) is 0. The van der Waals surface area contributed by atoms with Gasteiger partial charge in [0.1, 0.15) is 11.6 Å². The Hall–Kier alpha value is -2.43. The number of hydrogen-bond donors (Lipinski definition) is 2. The third-order valence-electron chi connectivity index (χ3n) is 3.17. The van der Waals surface area contributed by atoms with Crippen LogP contribution in [-0.4, -0.2) is 12.5 Å². The van der Waals surface area contributed by atoms with Crippen molar-refractivity contribution in [3.63, 3.8) is 0 Å². The van der Waals surface area contributed by atoms with Crippen molar-refractivity contribution >= 4 is 17.3 Å². The van der Waals surface area contributed by atoms with Crippen molar-refractivity contribution in [1.29, 1.82) is 0 Å². The van der Waals surface area contributed by atoms with Gasteiger partial charge in [-0.3, -0.25) is 4.79 Å². The van der Waals surface area contributed by atoms with Crippen molar-refractivity contribution in [2.75, 3.05) is 17.2 Å². The van der Waals surface area contributed by atoms with E-state index in [0.29, 0.717) is 5.92 Å². The molecular formula is C17H18F2N2O. The van der Waals surface area contributed by atoms with Gasteiger partial charge < -0.3 is 10.6 Å². The zero-order chi connectivity index (χ0) is 16.1. The Balaban J connectivity index is 1.99. The molecule has 3 nitrogen and oxygen atoms in total. The van der Waals surface area contributed by atoms with E-state index in [9.17, 15) is 13.6 Å². The second-order valence-electron chi connectivity index (χ2n) is 5.30. The number of carbonyl (C=O) groups is 1. The molecule has 0 aliphatic carbocycles. The Morgan fingerprint density at radius 1 is 1.09 bits per heavy atom. The van der Waals surface area contributed by atoms with Crippen LogP contribution in [0, 0.1) is 11.6 Å². The summed E-state index contributed by atoms with van der Waals surface area (Å²) in [5.41, 5.74) is 2.08. The first-order chi connectivity index (χ1) is 10.5. The number of halogens is 2. The van der Waals surface area contributed by atoms with Crippen molar-refractivity contribution < 1.29 is 13.6 Å². The molecule has 1 amide bonds. The minimum Gasteiger partial charge on any atom is -0.376 e. The van der Waals surface area contributed by atoms with E-state index in [0.717, 1.165) is 29.4 Å². The second-order valence-corrected chi connectivity index (χ2v) is 5.30. The van der Waals surface area contributed by atoms with Crippen LogP contribution in [0.4, 0.5) is 20.2 Å². The summed E-state index contributed by atoms with van der Waals surface area (Å²) in [4.78, 5) is 11.9. The molecule has 2 N–H and O–H groups in total. The van der Waals surface area contributed by atoms with E-state index in [1.54, 1.807) is 0 Å². The van der Waals surface area contributed by atoms with Gasteiger partial charge in [-0.25, -0.2) is 8.78 Å². The summed E-state index contributed by atoms with van der Waals surface area (Å²) in [5, 5.41) is 5.51. The highest BCUT2D eigenvalue weighted by molar-refractivity contribution is 5.93. The number of anilines is 2. The van der Waals surface area contributed by atoms with Crippen LogP contribution in [0.1, 0.15) is 25.3 Å². The van der Waals surface area contributed by atoms with Crippen molar-refractivity contribution in [2.24, 2.45) is 0 Å². The first kappa shape index (κ1) is 15.9. The van der Waals surface area contributed by atoms with Gasteiger partial charge in [0.05, 0.1) is 6.54 Å². The second kappa shape index (κ2) is 7.02. The zero-order valence-electron chi connectivity index (χ0n) is 12.5. The summed E-state index contributed by atoms with van der Waals surface area (Å²) < 4.78 is 26.1. The van der Waals surface area contributed by atoms with E-state index in [4.69, 9.17) is 0 Å². The van der Waals surface area contributed by atoms with Gasteiger partial charge in [0.15, 0.2) is 0 Å². The molecule has 0 unspecified atom stereocenters. The summed E-state index contributed by atoms with van der Waals surface area (Å²) >= 11 is 0. The van der Waals surface area contributed by atoms with E-state index < -0.39 is 11.6 Å². The van der Waals surface area contributed by atoms with E-state index in [-0.39, 0.29) is 18.1 Å². The fourth-order valence-corrected chi connectivity index (χ4v) is 2.17. The van der Waals surface area contributed by atoms with Crippen LogP contribution in [0.5, 0.6) is 0 Å². The van der Waals surface area contributed by atoms with Crippen molar-refractivity contribution in [3.05, 3.63) is 59.7 Å². The fraction of sp³-hybridized carbons (Fsp3) is 0.235. The molecule has 2 rings (SSSR count). The topological polar surface area (TPSA) is 41.1 Å². The number of carbonyl (C=O) groups excluding carboxylic acids is 1. The Bertz CT molecular complexity index is 651. The van der Waals surface area contributed by atoms with E-state index in [1.165, 1.54) is 0 Å². The SMILES string of the molecule is CC(C)c1ccccc1NCC(=O)Nc1cc(F)cc(F)c1. The van der Waals surface area contributed by atoms with Gasteiger partial charge in [0.25, 0.3) is 0 Å². The normalized spacial score (nSPS) is 10.6. The lowest BCUT2D eigenvalue weighted by Crippen LogP contribution is -2.22. The molecule has 116 valence electrons. The molecule has 2 aromatic carbocycles. The largest absolute Gasteiger partial charge is 0.376 e. The predicted octanol–water partition coefficient (Wildman–Crippen LogP) is 4.14. The lowest BCUT2D eigenvalue weighted by atomic mass is 10.0. The van der Waals surface area contributed by atoms with Crippen LogP contribution in [0.2, 0.25) is 0 Å². The quantitative estimate of drug-likeness (QED) is 0.871. The average molecular weight is 304 g/mol. The van der Waals surface area contributed by atoms with Crippen LogP contribution in [0.25, 0.3) is 0 Å². The monoisotopic (exact) mass is 304 g/mol. The molecule has 0 heterocycles. The van der Waals surface area contributed by atoms with Gasteiger partial charge in [-0.1, -0.05) is 32.0 Å². The lowest BCUT2D eigenvalue weighted by molar-refractivity contribution is -0.114. The maximum atomic E-state index is 13.1. The number of amides is 1. The zero-order valence-corrected chi connectivity index (χ0v) is 12.5. The highest BCUT2D eigenvalue weighted by Gasteiger charge is 2.08. The molecule has 0 saturated carbocycles. The van der Waals surface area contributed by atoms with Crippen molar-refractivity contribution in [2.45, 2.75) is 19.8 Å². The van der Waals surface area contributed by atoms with Crippen LogP contribution in [0.15, 0.2) is 42.5 Å². The molecule has 2 aromatic rings. The molecule has 0 saturated heterocycles. The Labute approximate surface area is 128 Å². The standard InChI is InChI=1S/C17H18F2N2O/c1-11(2)15-5-3-4-6-16(15)20-10-17(22)21-14-8-12(18)7-13(19)9-14/h3-9,11,20H,10H2,1-2H3,(H,21,22). The van der Waals surface area contributed by atoms with Crippen LogP contribution < -0.4 is 10.6 Å². The third kappa shape index (κ3) is 4.28. The molecule has 0 aliphatic heterocycles. The predicted molar refractivity (Wildman–Crippen MR) is 84.0 cm³/mol. The van der Waals surface area contributed by atoms with Gasteiger partial charge in [0, 0.05) is 17.4 Å². The summed E-state index contributed by atoms with van der Waals surface area (Å²) in [6.45, 7) is 4.15. The molecule has 0 bridgehead atoms. The van der Waals surface area contributed by atoms with E-state index in [2.05, 4.69) is 24.5 Å². The summed E-state index contributed by atoms with van der Waals surface area (Å²) in [6.07, 6.45) is 0. The third-order valence-corrected chi connectivity index (χ3v) is 3.17. The summed E-state index contributed by atoms with van der Waals surface area (Å²) in [6, 6.07) is 10.6. The Morgan fingerprint density at radius 2 is 1.73 bits per heavy atom. The first-order valence-electron chi connectivity index (χ1n) is 7.04. The van der Waals surface area contributed by atoms with Crippen LogP contribution in [-0.2, 0) is 4.79 Å². The first-order valence-corrected chi connectivity index (χ1v) is 7.04. The molecule has 0 aromatic heterocycles. The molecule has 22 heavy (non-hydrogen) atoms. The molecule has 5 heteroatoms. The van der Waals surface area contributed by atoms with Gasteiger partial charge in [-0.05, 0) is 29.7 Å². The number of rotatable bonds is 5. The highest BCUT2D eigenvalue weighted by atomic mass is 19.1. The summed E-state index contributed by atoms with van der Waals surface area (Å²) in [5.74, 6) is -1.51. The minimum absolute atomic E-state index is 0.0157. The van der Waals surface area contributed by atoms with Gasteiger partial charge in [-0.2, -0.15) is 0 Å². The number of nitrogens with one attached hydrogen (secondary N) is 2. The van der Waals surface area contributed by atoms with Gasteiger partial charge in [-0.15, -0.1) is 0 Å². The number of para-hydroxylation sites is 1. The van der Waals surface area contributed by atoms with E-state index >= 15 is 0 Å². The maximum Gasteiger partial charge on any atom is 0.243 e. The number of benzene rings is 2. The Kier molecular flexibility index (Phi) is 5.09. The number of hydrogen-bond acceptors (Lipinski definition) is 2. The lowest BCUT2D eigenvalue weighted by Gasteiger charge is -2.14. The van der Waals surface area contributed by atoms with Gasteiger partial charge >= 0.3 is 0 Å². The van der Waals surface area contributed by atoms with Crippen molar-refractivity contribution in [3.8, 4) is 0 Å².